The SMILES string of the molecule is CN(C)c1nc(N[C@H]2CC[C@@H](N(Cc3ccc(Br)cc3OC(F)(F)F)Cc3ccc(Br)cc3OC(F)(F)F)CC2)nc2ccccc12. The minimum absolute atomic E-state index is 0.0110. The summed E-state index contributed by atoms with van der Waals surface area (Å²) in [5.41, 5.74) is 1.27. The second-order valence-corrected chi connectivity index (χ2v) is 13.3. The van der Waals surface area contributed by atoms with E-state index in [1.807, 2.05) is 48.2 Å². The first-order valence-electron chi connectivity index (χ1n) is 14.7. The van der Waals surface area contributed by atoms with E-state index in [2.05, 4.69) is 46.7 Å². The van der Waals surface area contributed by atoms with Crippen molar-refractivity contribution in [2.45, 2.75) is 63.6 Å². The number of ether oxygens (including phenoxy) is 2. The van der Waals surface area contributed by atoms with Gasteiger partial charge in [-0.2, -0.15) is 4.98 Å². The van der Waals surface area contributed by atoms with Gasteiger partial charge in [0.15, 0.2) is 0 Å². The summed E-state index contributed by atoms with van der Waals surface area (Å²) in [6.45, 7) is -0.0219. The van der Waals surface area contributed by atoms with Crippen molar-refractivity contribution in [3.8, 4) is 11.5 Å². The van der Waals surface area contributed by atoms with Crippen LogP contribution in [-0.2, 0) is 13.1 Å². The maximum Gasteiger partial charge on any atom is 0.573 e. The summed E-state index contributed by atoms with van der Waals surface area (Å²) in [7, 11) is 3.82. The Morgan fingerprint density at radius 2 is 1.30 bits per heavy atom. The van der Waals surface area contributed by atoms with Crippen LogP contribution in [0.25, 0.3) is 10.9 Å². The molecule has 4 aromatic rings. The smallest absolute Gasteiger partial charge is 0.405 e. The standard InChI is InChI=1S/C32H31Br2F6N5O2/c1-44(2)29-25-5-3-4-6-26(25)42-30(43-29)41-23-11-13-24(14-12-23)45(17-19-7-9-21(33)15-27(19)46-31(35,36)37)18-20-8-10-22(34)16-28(20)47-32(38,39)40/h3-10,15-16,23-24H,11-14,17-18H2,1-2H3,(H,41,42,43)/t23-,24+. The first-order valence-corrected chi connectivity index (χ1v) is 16.2. The molecule has 5 rings (SSSR count). The molecule has 15 heteroatoms. The van der Waals surface area contributed by atoms with Gasteiger partial charge >= 0.3 is 12.7 Å². The minimum Gasteiger partial charge on any atom is -0.405 e. The van der Waals surface area contributed by atoms with Gasteiger partial charge < -0.3 is 19.7 Å². The number of anilines is 2. The van der Waals surface area contributed by atoms with Crippen molar-refractivity contribution < 1.29 is 35.8 Å². The summed E-state index contributed by atoms with van der Waals surface area (Å²) < 4.78 is 89.4. The van der Waals surface area contributed by atoms with Crippen molar-refractivity contribution in [2.75, 3.05) is 24.3 Å². The first kappa shape index (κ1) is 35.0. The third-order valence-corrected chi connectivity index (χ3v) is 8.80. The summed E-state index contributed by atoms with van der Waals surface area (Å²) in [6.07, 6.45) is -7.28. The molecule has 1 fully saturated rings. The van der Waals surface area contributed by atoms with Crippen molar-refractivity contribution in [3.63, 3.8) is 0 Å². The van der Waals surface area contributed by atoms with Gasteiger partial charge in [0.05, 0.1) is 5.52 Å². The van der Waals surface area contributed by atoms with Gasteiger partial charge in [0.2, 0.25) is 5.95 Å². The molecule has 0 bridgehead atoms. The monoisotopic (exact) mass is 789 g/mol. The molecule has 3 aromatic carbocycles. The number of aromatic nitrogens is 2. The Morgan fingerprint density at radius 1 is 0.766 bits per heavy atom. The Morgan fingerprint density at radius 3 is 1.81 bits per heavy atom. The lowest BCUT2D eigenvalue weighted by molar-refractivity contribution is -0.275. The van der Waals surface area contributed by atoms with Gasteiger partial charge in [0.25, 0.3) is 0 Å². The van der Waals surface area contributed by atoms with Crippen LogP contribution in [0, 0.1) is 0 Å². The van der Waals surface area contributed by atoms with Crippen molar-refractivity contribution in [1.82, 2.24) is 14.9 Å². The van der Waals surface area contributed by atoms with Crippen LogP contribution in [0.1, 0.15) is 36.8 Å². The van der Waals surface area contributed by atoms with E-state index in [0.717, 1.165) is 16.7 Å². The number of para-hydroxylation sites is 1. The number of hydrogen-bond donors (Lipinski definition) is 1. The van der Waals surface area contributed by atoms with E-state index in [9.17, 15) is 26.3 Å². The maximum absolute atomic E-state index is 13.3. The molecule has 0 spiro atoms. The highest BCUT2D eigenvalue weighted by molar-refractivity contribution is 9.10. The van der Waals surface area contributed by atoms with Crippen LogP contribution in [0.15, 0.2) is 69.6 Å². The van der Waals surface area contributed by atoms with Crippen molar-refractivity contribution in [3.05, 3.63) is 80.7 Å². The van der Waals surface area contributed by atoms with Crippen LogP contribution in [0.2, 0.25) is 0 Å². The molecule has 1 aliphatic carbocycles. The van der Waals surface area contributed by atoms with E-state index < -0.39 is 12.7 Å². The number of nitrogens with one attached hydrogen (secondary N) is 1. The van der Waals surface area contributed by atoms with Crippen molar-refractivity contribution in [2.24, 2.45) is 0 Å². The predicted molar refractivity (Wildman–Crippen MR) is 174 cm³/mol. The zero-order chi connectivity index (χ0) is 33.9. The van der Waals surface area contributed by atoms with Gasteiger partial charge in [-0.3, -0.25) is 4.90 Å². The van der Waals surface area contributed by atoms with E-state index in [-0.39, 0.29) is 47.8 Å². The highest BCUT2D eigenvalue weighted by atomic mass is 79.9. The Bertz CT molecular complexity index is 1630. The van der Waals surface area contributed by atoms with Gasteiger partial charge in [-0.1, -0.05) is 56.1 Å². The highest BCUT2D eigenvalue weighted by Crippen LogP contribution is 2.36. The average molecular weight is 791 g/mol. The molecule has 1 saturated carbocycles. The lowest BCUT2D eigenvalue weighted by Gasteiger charge is -2.38. The largest absolute Gasteiger partial charge is 0.573 e. The summed E-state index contributed by atoms with van der Waals surface area (Å²) in [6, 6.07) is 16.2. The summed E-state index contributed by atoms with van der Waals surface area (Å²) in [4.78, 5) is 13.2. The third-order valence-electron chi connectivity index (χ3n) is 7.81. The van der Waals surface area contributed by atoms with Crippen LogP contribution in [0.3, 0.4) is 0 Å². The van der Waals surface area contributed by atoms with Crippen LogP contribution in [0.4, 0.5) is 38.1 Å². The topological polar surface area (TPSA) is 62.8 Å². The summed E-state index contributed by atoms with van der Waals surface area (Å²) in [5.74, 6) is 0.482. The van der Waals surface area contributed by atoms with Crippen LogP contribution in [-0.4, -0.2) is 53.8 Å². The minimum atomic E-state index is -4.93. The third kappa shape index (κ3) is 9.63. The van der Waals surface area contributed by atoms with E-state index >= 15 is 0 Å². The van der Waals surface area contributed by atoms with E-state index in [1.165, 1.54) is 24.3 Å². The quantitative estimate of drug-likeness (QED) is 0.161. The van der Waals surface area contributed by atoms with E-state index in [1.54, 1.807) is 12.1 Å². The van der Waals surface area contributed by atoms with Crippen LogP contribution < -0.4 is 19.7 Å². The molecule has 252 valence electrons. The number of benzene rings is 3. The molecular formula is C32H31Br2F6N5O2. The molecule has 0 aliphatic heterocycles. The first-order chi connectivity index (χ1) is 22.1. The second-order valence-electron chi connectivity index (χ2n) is 11.4. The molecule has 1 heterocycles. The molecule has 47 heavy (non-hydrogen) atoms. The predicted octanol–water partition coefficient (Wildman–Crippen LogP) is 9.44. The Labute approximate surface area is 284 Å². The zero-order valence-corrected chi connectivity index (χ0v) is 28.5. The summed E-state index contributed by atoms with van der Waals surface area (Å²) >= 11 is 6.39. The van der Waals surface area contributed by atoms with Crippen LogP contribution >= 0.6 is 31.9 Å². The van der Waals surface area contributed by atoms with Crippen molar-refractivity contribution >= 4 is 54.5 Å². The lowest BCUT2D eigenvalue weighted by Crippen LogP contribution is -2.40. The molecular weight excluding hydrogens is 760 g/mol. The molecule has 1 N–H and O–H groups in total. The zero-order valence-electron chi connectivity index (χ0n) is 25.3. The van der Waals surface area contributed by atoms with Crippen molar-refractivity contribution in [1.29, 1.82) is 0 Å². The number of alkyl halides is 6. The van der Waals surface area contributed by atoms with E-state index in [0.29, 0.717) is 40.6 Å². The Balaban J connectivity index is 1.39. The molecule has 1 aliphatic rings. The number of fused-ring (bicyclic) bond motifs is 1. The molecule has 0 unspecified atom stereocenters. The normalized spacial score (nSPS) is 17.2. The Hall–Kier alpha value is -3.30. The molecule has 1 aromatic heterocycles. The fourth-order valence-electron chi connectivity index (χ4n) is 5.74. The molecule has 0 radical (unpaired) electrons. The summed E-state index contributed by atoms with van der Waals surface area (Å²) in [5, 5.41) is 4.36. The molecule has 0 amide bonds. The number of nitrogens with zero attached hydrogens (tertiary/aromatic N) is 4. The fourth-order valence-corrected chi connectivity index (χ4v) is 6.42. The van der Waals surface area contributed by atoms with Gasteiger partial charge in [-0.15, -0.1) is 26.3 Å². The van der Waals surface area contributed by atoms with Gasteiger partial charge in [-0.05, 0) is 62.1 Å². The van der Waals surface area contributed by atoms with E-state index in [4.69, 9.17) is 9.97 Å². The maximum atomic E-state index is 13.3. The van der Waals surface area contributed by atoms with Gasteiger partial charge in [0.1, 0.15) is 17.3 Å². The van der Waals surface area contributed by atoms with Gasteiger partial charge in [0, 0.05) is 64.7 Å². The highest BCUT2D eigenvalue weighted by Gasteiger charge is 2.35. The Kier molecular flexibility index (Phi) is 10.8. The molecule has 0 saturated heterocycles. The second kappa shape index (κ2) is 14.4. The number of halogens is 8. The fraction of sp³-hybridized carbons (Fsp3) is 0.375. The van der Waals surface area contributed by atoms with Gasteiger partial charge in [-0.25, -0.2) is 4.98 Å². The molecule has 7 nitrogen and oxygen atoms in total. The van der Waals surface area contributed by atoms with Crippen LogP contribution in [0.5, 0.6) is 11.5 Å². The number of rotatable bonds is 10. The molecule has 0 atom stereocenters. The number of hydrogen-bond acceptors (Lipinski definition) is 7. The average Bonchev–Trinajstić information content (AvgIpc) is 2.97. The lowest BCUT2D eigenvalue weighted by atomic mass is 9.89.